The van der Waals surface area contributed by atoms with Crippen LogP contribution in [-0.2, 0) is 0 Å². The van der Waals surface area contributed by atoms with Gasteiger partial charge in [-0.15, -0.1) is 0 Å². The van der Waals surface area contributed by atoms with Gasteiger partial charge in [-0.2, -0.15) is 4.98 Å². The highest BCUT2D eigenvalue weighted by atomic mass is 16.6. The SMILES string of the molecule is NC(=O)Oc1nccc(C=NC23CC4CC(CC(C4)C2)C3)n1. The first kappa shape index (κ1) is 13.7. The van der Waals surface area contributed by atoms with E-state index in [2.05, 4.69) is 9.97 Å². The van der Waals surface area contributed by atoms with Crippen LogP contribution >= 0.6 is 0 Å². The van der Waals surface area contributed by atoms with Gasteiger partial charge in [0.1, 0.15) is 0 Å². The molecule has 2 N–H and O–H groups in total. The molecule has 0 aromatic carbocycles. The summed E-state index contributed by atoms with van der Waals surface area (Å²) in [5, 5.41) is 0. The maximum absolute atomic E-state index is 10.8. The van der Waals surface area contributed by atoms with E-state index in [0.29, 0.717) is 5.69 Å². The van der Waals surface area contributed by atoms with E-state index in [9.17, 15) is 4.79 Å². The molecule has 1 aromatic heterocycles. The Kier molecular flexibility index (Phi) is 3.13. The largest absolute Gasteiger partial charge is 0.412 e. The van der Waals surface area contributed by atoms with Crippen molar-refractivity contribution in [2.45, 2.75) is 44.1 Å². The number of aliphatic imine (C=N–C) groups is 1. The summed E-state index contributed by atoms with van der Waals surface area (Å²) >= 11 is 0. The highest BCUT2D eigenvalue weighted by Crippen LogP contribution is 2.57. The van der Waals surface area contributed by atoms with Crippen molar-refractivity contribution in [3.63, 3.8) is 0 Å². The van der Waals surface area contributed by atoms with E-state index in [4.69, 9.17) is 15.5 Å². The smallest absolute Gasteiger partial charge is 0.374 e. The van der Waals surface area contributed by atoms with Crippen LogP contribution in [0.25, 0.3) is 0 Å². The maximum atomic E-state index is 10.8. The van der Waals surface area contributed by atoms with Gasteiger partial charge in [0.05, 0.1) is 11.2 Å². The molecule has 0 radical (unpaired) electrons. The summed E-state index contributed by atoms with van der Waals surface area (Å²) in [4.78, 5) is 23.7. The zero-order valence-electron chi connectivity index (χ0n) is 12.4. The summed E-state index contributed by atoms with van der Waals surface area (Å²) in [7, 11) is 0. The van der Waals surface area contributed by atoms with Crippen LogP contribution in [0.3, 0.4) is 0 Å². The van der Waals surface area contributed by atoms with E-state index in [1.165, 1.54) is 38.5 Å². The quantitative estimate of drug-likeness (QED) is 0.867. The minimum atomic E-state index is -0.907. The Morgan fingerprint density at radius 3 is 2.50 bits per heavy atom. The monoisotopic (exact) mass is 300 g/mol. The molecule has 0 atom stereocenters. The molecule has 1 aromatic rings. The van der Waals surface area contributed by atoms with E-state index in [-0.39, 0.29) is 11.5 Å². The summed E-state index contributed by atoms with van der Waals surface area (Å²) in [5.41, 5.74) is 5.75. The lowest BCUT2D eigenvalue weighted by Crippen LogP contribution is -2.49. The third kappa shape index (κ3) is 2.58. The van der Waals surface area contributed by atoms with Crippen molar-refractivity contribution in [1.82, 2.24) is 9.97 Å². The molecule has 0 unspecified atom stereocenters. The number of primary amides is 1. The number of hydrogen-bond donors (Lipinski definition) is 1. The van der Waals surface area contributed by atoms with E-state index < -0.39 is 6.09 Å². The van der Waals surface area contributed by atoms with Crippen molar-refractivity contribution in [3.8, 4) is 6.01 Å². The fraction of sp³-hybridized carbons (Fsp3) is 0.625. The molecule has 116 valence electrons. The van der Waals surface area contributed by atoms with Gasteiger partial charge in [-0.05, 0) is 62.3 Å². The lowest BCUT2D eigenvalue weighted by molar-refractivity contribution is 0.00193. The first-order valence-electron chi connectivity index (χ1n) is 7.96. The standard InChI is InChI=1S/C16H20N4O2/c17-14(21)22-15-18-2-1-13(20-15)9-19-16-6-10-3-11(7-16)5-12(4-10)8-16/h1-2,9-12H,3-8H2,(H2,17,21). The van der Waals surface area contributed by atoms with Gasteiger partial charge < -0.3 is 10.5 Å². The van der Waals surface area contributed by atoms with Gasteiger partial charge >= 0.3 is 12.1 Å². The summed E-state index contributed by atoms with van der Waals surface area (Å²) < 4.78 is 4.71. The van der Waals surface area contributed by atoms with Gasteiger partial charge in [-0.1, -0.05) is 0 Å². The van der Waals surface area contributed by atoms with Crippen LogP contribution in [0.4, 0.5) is 4.79 Å². The summed E-state index contributed by atoms with van der Waals surface area (Å²) in [5.74, 6) is 2.59. The fourth-order valence-corrected chi connectivity index (χ4v) is 4.99. The lowest BCUT2D eigenvalue weighted by atomic mass is 9.53. The van der Waals surface area contributed by atoms with Crippen LogP contribution in [0, 0.1) is 17.8 Å². The van der Waals surface area contributed by atoms with Crippen molar-refractivity contribution < 1.29 is 9.53 Å². The second-order valence-electron chi connectivity index (χ2n) is 7.09. The molecule has 4 bridgehead atoms. The molecule has 4 aliphatic rings. The first-order chi connectivity index (χ1) is 10.6. The van der Waals surface area contributed by atoms with Crippen LogP contribution in [0.15, 0.2) is 17.3 Å². The van der Waals surface area contributed by atoms with E-state index in [1.807, 2.05) is 6.21 Å². The van der Waals surface area contributed by atoms with E-state index in [0.717, 1.165) is 17.8 Å². The molecule has 4 aliphatic carbocycles. The average molecular weight is 300 g/mol. The summed E-state index contributed by atoms with van der Waals surface area (Å²) in [6, 6.07) is 1.74. The average Bonchev–Trinajstić information content (AvgIpc) is 2.43. The van der Waals surface area contributed by atoms with Crippen LogP contribution < -0.4 is 10.5 Å². The Bertz CT molecular complexity index is 593. The predicted molar refractivity (Wildman–Crippen MR) is 80.7 cm³/mol. The molecule has 0 saturated heterocycles. The van der Waals surface area contributed by atoms with Gasteiger partial charge in [0.25, 0.3) is 0 Å². The second kappa shape index (κ2) is 5.04. The molecular formula is C16H20N4O2. The zero-order valence-corrected chi connectivity index (χ0v) is 12.4. The Balaban J connectivity index is 1.53. The zero-order chi connectivity index (χ0) is 15.2. The third-order valence-corrected chi connectivity index (χ3v) is 5.32. The van der Waals surface area contributed by atoms with E-state index >= 15 is 0 Å². The fourth-order valence-electron chi connectivity index (χ4n) is 4.99. The summed E-state index contributed by atoms with van der Waals surface area (Å²) in [6.07, 6.45) is 10.3. The molecule has 6 nitrogen and oxygen atoms in total. The minimum absolute atomic E-state index is 0.0260. The minimum Gasteiger partial charge on any atom is -0.374 e. The van der Waals surface area contributed by atoms with Gasteiger partial charge in [0.2, 0.25) is 0 Å². The Hall–Kier alpha value is -1.98. The van der Waals surface area contributed by atoms with Crippen LogP contribution in [-0.4, -0.2) is 27.8 Å². The number of carbonyl (C=O) groups is 1. The van der Waals surface area contributed by atoms with Crippen molar-refractivity contribution in [3.05, 3.63) is 18.0 Å². The van der Waals surface area contributed by atoms with Crippen molar-refractivity contribution in [1.29, 1.82) is 0 Å². The van der Waals surface area contributed by atoms with E-state index in [1.54, 1.807) is 12.3 Å². The number of aromatic nitrogens is 2. The van der Waals surface area contributed by atoms with Gasteiger partial charge in [-0.3, -0.25) is 4.99 Å². The summed E-state index contributed by atoms with van der Waals surface area (Å²) in [6.45, 7) is 0. The highest BCUT2D eigenvalue weighted by Gasteiger charge is 2.50. The molecule has 1 heterocycles. The van der Waals surface area contributed by atoms with Gasteiger partial charge in [0, 0.05) is 12.4 Å². The van der Waals surface area contributed by atoms with Crippen LogP contribution in [0.5, 0.6) is 6.01 Å². The molecule has 6 heteroatoms. The molecule has 5 rings (SSSR count). The number of hydrogen-bond acceptors (Lipinski definition) is 5. The van der Waals surface area contributed by atoms with Crippen LogP contribution in [0.2, 0.25) is 0 Å². The Labute approximate surface area is 129 Å². The number of carbonyl (C=O) groups excluding carboxylic acids is 1. The predicted octanol–water partition coefficient (Wildman–Crippen LogP) is 2.32. The number of amides is 1. The van der Waals surface area contributed by atoms with Crippen molar-refractivity contribution in [2.24, 2.45) is 28.5 Å². The molecule has 1 amide bonds. The lowest BCUT2D eigenvalue weighted by Gasteiger charge is -2.54. The normalized spacial score (nSPS) is 35.9. The molecule has 4 saturated carbocycles. The molecule has 22 heavy (non-hydrogen) atoms. The number of nitrogens with zero attached hydrogens (tertiary/aromatic N) is 3. The number of nitrogens with two attached hydrogens (primary N) is 1. The molecule has 4 fully saturated rings. The molecule has 0 aliphatic heterocycles. The van der Waals surface area contributed by atoms with Crippen molar-refractivity contribution >= 4 is 12.3 Å². The maximum Gasteiger partial charge on any atom is 0.412 e. The first-order valence-corrected chi connectivity index (χ1v) is 7.96. The topological polar surface area (TPSA) is 90.5 Å². The van der Waals surface area contributed by atoms with Crippen LogP contribution in [0.1, 0.15) is 44.2 Å². The molecule has 0 spiro atoms. The Morgan fingerprint density at radius 1 is 1.27 bits per heavy atom. The number of rotatable bonds is 3. The van der Waals surface area contributed by atoms with Gasteiger partial charge in [0.15, 0.2) is 0 Å². The highest BCUT2D eigenvalue weighted by molar-refractivity contribution is 5.77. The third-order valence-electron chi connectivity index (χ3n) is 5.32. The van der Waals surface area contributed by atoms with Crippen molar-refractivity contribution in [2.75, 3.05) is 0 Å². The second-order valence-corrected chi connectivity index (χ2v) is 7.09. The molecular weight excluding hydrogens is 280 g/mol. The number of ether oxygens (including phenoxy) is 1. The Morgan fingerprint density at radius 2 is 1.91 bits per heavy atom. The van der Waals surface area contributed by atoms with Gasteiger partial charge in [-0.25, -0.2) is 9.78 Å².